The van der Waals surface area contributed by atoms with E-state index < -0.39 is 0 Å². The molecule has 2 heteroatoms. The predicted octanol–water partition coefficient (Wildman–Crippen LogP) is 1.56. The second kappa shape index (κ2) is 3.58. The van der Waals surface area contributed by atoms with E-state index in [1.54, 1.807) is 0 Å². The molecule has 0 fully saturated rings. The van der Waals surface area contributed by atoms with Crippen LogP contribution in [0.25, 0.3) is 0 Å². The van der Waals surface area contributed by atoms with Crippen LogP contribution in [0.2, 0.25) is 0 Å². The molecule has 0 atom stereocenters. The molecule has 1 rings (SSSR count). The summed E-state index contributed by atoms with van der Waals surface area (Å²) in [5.74, 6) is 0. The molecule has 0 amide bonds. The third-order valence-corrected chi connectivity index (χ3v) is 2.00. The summed E-state index contributed by atoms with van der Waals surface area (Å²) in [6, 6.07) is 4.07. The first-order valence-electron chi connectivity index (χ1n) is 4.11. The van der Waals surface area contributed by atoms with E-state index in [0.29, 0.717) is 0 Å². The summed E-state index contributed by atoms with van der Waals surface area (Å²) in [6.07, 6.45) is 1.04. The van der Waals surface area contributed by atoms with Gasteiger partial charge < -0.3 is 9.67 Å². The van der Waals surface area contributed by atoms with Gasteiger partial charge in [0.05, 0.1) is 6.61 Å². The van der Waals surface area contributed by atoms with Crippen molar-refractivity contribution in [2.75, 3.05) is 0 Å². The Hall–Kier alpha value is -0.760. The number of aliphatic hydroxyl groups excluding tert-OH is 1. The van der Waals surface area contributed by atoms with E-state index in [0.717, 1.165) is 18.7 Å². The van der Waals surface area contributed by atoms with Gasteiger partial charge in [-0.2, -0.15) is 0 Å². The zero-order valence-electron chi connectivity index (χ0n) is 7.17. The Kier molecular flexibility index (Phi) is 2.71. The highest BCUT2D eigenvalue weighted by molar-refractivity contribution is 5.15. The Labute approximate surface area is 67.5 Å². The fourth-order valence-corrected chi connectivity index (χ4v) is 1.41. The van der Waals surface area contributed by atoms with Crippen LogP contribution in [-0.4, -0.2) is 9.67 Å². The number of aryl methyl sites for hydroxylation is 1. The number of aliphatic hydroxyl groups is 1. The van der Waals surface area contributed by atoms with Gasteiger partial charge in [0.15, 0.2) is 0 Å². The van der Waals surface area contributed by atoms with E-state index in [1.165, 1.54) is 5.69 Å². The maximum atomic E-state index is 8.94. The molecule has 2 nitrogen and oxygen atoms in total. The van der Waals surface area contributed by atoms with Crippen LogP contribution < -0.4 is 0 Å². The lowest BCUT2D eigenvalue weighted by Crippen LogP contribution is -2.03. The molecule has 0 radical (unpaired) electrons. The molecule has 62 valence electrons. The smallest absolute Gasteiger partial charge is 0.0832 e. The van der Waals surface area contributed by atoms with Gasteiger partial charge in [0, 0.05) is 17.9 Å². The molecular weight excluding hydrogens is 138 g/mol. The summed E-state index contributed by atoms with van der Waals surface area (Å²) in [7, 11) is 0. The van der Waals surface area contributed by atoms with Crippen LogP contribution in [0, 0.1) is 0 Å². The average Bonchev–Trinajstić information content (AvgIpc) is 2.45. The van der Waals surface area contributed by atoms with Crippen LogP contribution in [0.5, 0.6) is 0 Å². The molecule has 1 aromatic heterocycles. The second-order valence-corrected chi connectivity index (χ2v) is 2.57. The van der Waals surface area contributed by atoms with E-state index in [9.17, 15) is 0 Å². The van der Waals surface area contributed by atoms with Crippen molar-refractivity contribution in [2.24, 2.45) is 0 Å². The fourth-order valence-electron chi connectivity index (χ4n) is 1.41. The maximum absolute atomic E-state index is 8.94. The molecule has 0 aliphatic rings. The highest BCUT2D eigenvalue weighted by atomic mass is 16.3. The SMILES string of the molecule is CCc1ccc(CO)n1CC. The van der Waals surface area contributed by atoms with Crippen molar-refractivity contribution in [2.45, 2.75) is 33.4 Å². The molecule has 0 aliphatic carbocycles. The molecule has 0 bridgehead atoms. The first-order chi connectivity index (χ1) is 5.33. The standard InChI is InChI=1S/C9H15NO/c1-3-8-5-6-9(7-11)10(8)4-2/h5-6,11H,3-4,7H2,1-2H3. The van der Waals surface area contributed by atoms with Gasteiger partial charge in [-0.15, -0.1) is 0 Å². The second-order valence-electron chi connectivity index (χ2n) is 2.57. The minimum Gasteiger partial charge on any atom is -0.390 e. The highest BCUT2D eigenvalue weighted by Crippen LogP contribution is 2.09. The van der Waals surface area contributed by atoms with Crippen molar-refractivity contribution < 1.29 is 5.11 Å². The van der Waals surface area contributed by atoms with Crippen molar-refractivity contribution in [3.8, 4) is 0 Å². The summed E-state index contributed by atoms with van der Waals surface area (Å²) in [4.78, 5) is 0. The first kappa shape index (κ1) is 8.34. The zero-order valence-corrected chi connectivity index (χ0v) is 7.17. The van der Waals surface area contributed by atoms with Crippen LogP contribution in [-0.2, 0) is 19.6 Å². The van der Waals surface area contributed by atoms with Gasteiger partial charge in [-0.3, -0.25) is 0 Å². The van der Waals surface area contributed by atoms with E-state index in [4.69, 9.17) is 5.11 Å². The van der Waals surface area contributed by atoms with E-state index in [2.05, 4.69) is 24.5 Å². The summed E-state index contributed by atoms with van der Waals surface area (Å²) in [6.45, 7) is 5.32. The minimum atomic E-state index is 0.147. The molecule has 0 unspecified atom stereocenters. The Morgan fingerprint density at radius 1 is 1.27 bits per heavy atom. The number of nitrogens with zero attached hydrogens (tertiary/aromatic N) is 1. The Balaban J connectivity index is 2.99. The van der Waals surface area contributed by atoms with Gasteiger partial charge in [0.1, 0.15) is 0 Å². The molecule has 1 heterocycles. The van der Waals surface area contributed by atoms with Crippen molar-refractivity contribution in [3.05, 3.63) is 23.5 Å². The Bertz CT molecular complexity index is 206. The predicted molar refractivity (Wildman–Crippen MR) is 45.4 cm³/mol. The summed E-state index contributed by atoms with van der Waals surface area (Å²) in [5.41, 5.74) is 2.32. The lowest BCUT2D eigenvalue weighted by Gasteiger charge is -2.07. The maximum Gasteiger partial charge on any atom is 0.0832 e. The third kappa shape index (κ3) is 1.46. The fraction of sp³-hybridized carbons (Fsp3) is 0.556. The van der Waals surface area contributed by atoms with Gasteiger partial charge in [-0.1, -0.05) is 6.92 Å². The van der Waals surface area contributed by atoms with Crippen molar-refractivity contribution in [1.29, 1.82) is 0 Å². The van der Waals surface area contributed by atoms with Crippen molar-refractivity contribution >= 4 is 0 Å². The molecule has 0 spiro atoms. The largest absolute Gasteiger partial charge is 0.390 e. The lowest BCUT2D eigenvalue weighted by atomic mass is 10.3. The molecule has 11 heavy (non-hydrogen) atoms. The molecule has 0 saturated heterocycles. The quantitative estimate of drug-likeness (QED) is 0.700. The van der Waals surface area contributed by atoms with Gasteiger partial charge in [0.25, 0.3) is 0 Å². The van der Waals surface area contributed by atoms with E-state index >= 15 is 0 Å². The summed E-state index contributed by atoms with van der Waals surface area (Å²) >= 11 is 0. The van der Waals surface area contributed by atoms with Crippen molar-refractivity contribution in [3.63, 3.8) is 0 Å². The summed E-state index contributed by atoms with van der Waals surface area (Å²) in [5, 5.41) is 8.94. The van der Waals surface area contributed by atoms with Crippen LogP contribution in [0.1, 0.15) is 25.2 Å². The van der Waals surface area contributed by atoms with Crippen LogP contribution >= 0.6 is 0 Å². The lowest BCUT2D eigenvalue weighted by molar-refractivity contribution is 0.270. The number of hydrogen-bond acceptors (Lipinski definition) is 1. The molecule has 0 aromatic carbocycles. The average molecular weight is 153 g/mol. The van der Waals surface area contributed by atoms with Gasteiger partial charge >= 0.3 is 0 Å². The number of rotatable bonds is 3. The molecule has 1 N–H and O–H groups in total. The van der Waals surface area contributed by atoms with Gasteiger partial charge in [-0.05, 0) is 25.5 Å². The van der Waals surface area contributed by atoms with Crippen LogP contribution in [0.15, 0.2) is 12.1 Å². The highest BCUT2D eigenvalue weighted by Gasteiger charge is 2.02. The molecule has 0 saturated carbocycles. The van der Waals surface area contributed by atoms with Crippen molar-refractivity contribution in [1.82, 2.24) is 4.57 Å². The van der Waals surface area contributed by atoms with Gasteiger partial charge in [-0.25, -0.2) is 0 Å². The number of aromatic nitrogens is 1. The Morgan fingerprint density at radius 3 is 2.36 bits per heavy atom. The van der Waals surface area contributed by atoms with E-state index in [-0.39, 0.29) is 6.61 Å². The topological polar surface area (TPSA) is 25.2 Å². The monoisotopic (exact) mass is 153 g/mol. The Morgan fingerprint density at radius 2 is 1.91 bits per heavy atom. The van der Waals surface area contributed by atoms with Crippen LogP contribution in [0.3, 0.4) is 0 Å². The van der Waals surface area contributed by atoms with Gasteiger partial charge in [0.2, 0.25) is 0 Å². The molecule has 1 aromatic rings. The van der Waals surface area contributed by atoms with E-state index in [1.807, 2.05) is 6.07 Å². The third-order valence-electron chi connectivity index (χ3n) is 2.00. The number of hydrogen-bond donors (Lipinski definition) is 1. The first-order valence-corrected chi connectivity index (χ1v) is 4.11. The summed E-state index contributed by atoms with van der Waals surface area (Å²) < 4.78 is 2.15. The normalized spacial score (nSPS) is 10.5. The minimum absolute atomic E-state index is 0.147. The molecule has 0 aliphatic heterocycles. The van der Waals surface area contributed by atoms with Crippen LogP contribution in [0.4, 0.5) is 0 Å². The zero-order chi connectivity index (χ0) is 8.27. The molecular formula is C9H15NO.